The molecule has 0 amide bonds. The minimum Gasteiger partial charge on any atom is -0.490 e. The monoisotopic (exact) mass is 600 g/mol. The summed E-state index contributed by atoms with van der Waals surface area (Å²) in [6.45, 7) is 4.05. The molecule has 6 aromatic rings. The maximum absolute atomic E-state index is 16.0. The topological polar surface area (TPSA) is 79.0 Å². The van der Waals surface area contributed by atoms with Crippen LogP contribution in [0, 0.1) is 11.6 Å². The Labute approximate surface area is 250 Å². The molecule has 1 atom stereocenters. The van der Waals surface area contributed by atoms with Crippen LogP contribution in [0.5, 0.6) is 5.75 Å². The number of halogens is 2. The van der Waals surface area contributed by atoms with Crippen molar-refractivity contribution in [1.29, 1.82) is 0 Å². The van der Waals surface area contributed by atoms with Crippen molar-refractivity contribution in [2.45, 2.75) is 25.9 Å². The molecule has 0 radical (unpaired) electrons. The molecule has 0 bridgehead atoms. The highest BCUT2D eigenvalue weighted by Crippen LogP contribution is 2.47. The molecular weight excluding hydrogens is 570 g/mol. The number of thiophene rings is 1. The van der Waals surface area contributed by atoms with E-state index in [1.165, 1.54) is 17.4 Å². The van der Waals surface area contributed by atoms with E-state index in [1.54, 1.807) is 7.11 Å². The van der Waals surface area contributed by atoms with Crippen LogP contribution in [0.25, 0.3) is 54.8 Å². The van der Waals surface area contributed by atoms with E-state index in [4.69, 9.17) is 19.6 Å². The Balaban J connectivity index is 1.52. The van der Waals surface area contributed by atoms with Crippen LogP contribution in [0.2, 0.25) is 0 Å². The van der Waals surface area contributed by atoms with Gasteiger partial charge in [0.25, 0.3) is 0 Å². The largest absolute Gasteiger partial charge is 0.490 e. The molecule has 220 valence electrons. The van der Waals surface area contributed by atoms with Crippen LogP contribution in [-0.4, -0.2) is 51.4 Å². The highest BCUT2D eigenvalue weighted by Gasteiger charge is 2.28. The third kappa shape index (κ3) is 4.77. The Morgan fingerprint density at radius 3 is 2.79 bits per heavy atom. The quantitative estimate of drug-likeness (QED) is 0.195. The number of rotatable bonds is 8. The van der Waals surface area contributed by atoms with Crippen molar-refractivity contribution in [2.24, 2.45) is 7.05 Å². The van der Waals surface area contributed by atoms with Crippen molar-refractivity contribution in [3.05, 3.63) is 71.4 Å². The van der Waals surface area contributed by atoms with Gasteiger partial charge in [-0.2, -0.15) is 10.2 Å². The Kier molecular flexibility index (Phi) is 7.16. The molecule has 0 saturated carbocycles. The standard InChI is InChI=1S/C32H30F2N6O2S/c1-4-23-26-16-24(38-40(26)9-8-35-23)31-29(28-22(34)14-20(33)15-27(28)42-11-10-41-3)32-21(7-12-43-32)30(37-31)18-5-6-25-19(13-18)17-36-39(25)2/h5-7,12-17,23,35H,4,8-11H2,1-3H3/t23-/m0/s1. The maximum atomic E-state index is 16.0. The van der Waals surface area contributed by atoms with Crippen LogP contribution in [0.1, 0.15) is 25.1 Å². The Bertz CT molecular complexity index is 1980. The number of nitrogens with zero attached hydrogens (tertiary/aromatic N) is 5. The highest BCUT2D eigenvalue weighted by molar-refractivity contribution is 7.18. The summed E-state index contributed by atoms with van der Waals surface area (Å²) >= 11 is 1.48. The van der Waals surface area contributed by atoms with Gasteiger partial charge in [0, 0.05) is 65.5 Å². The van der Waals surface area contributed by atoms with E-state index in [2.05, 4.69) is 23.4 Å². The van der Waals surface area contributed by atoms with E-state index < -0.39 is 11.6 Å². The number of ether oxygens (including phenoxy) is 2. The minimum absolute atomic E-state index is 0.0916. The number of benzene rings is 2. The van der Waals surface area contributed by atoms with E-state index in [1.807, 2.05) is 52.3 Å². The van der Waals surface area contributed by atoms with Crippen LogP contribution in [0.3, 0.4) is 0 Å². The summed E-state index contributed by atoms with van der Waals surface area (Å²) in [5.41, 5.74) is 5.53. The number of pyridine rings is 1. The fraction of sp³-hybridized carbons (Fsp3) is 0.281. The molecule has 7 rings (SSSR count). The lowest BCUT2D eigenvalue weighted by Crippen LogP contribution is -2.33. The molecule has 0 spiro atoms. The lowest BCUT2D eigenvalue weighted by molar-refractivity contribution is 0.146. The van der Waals surface area contributed by atoms with Gasteiger partial charge >= 0.3 is 0 Å². The van der Waals surface area contributed by atoms with Crippen LogP contribution in [0.15, 0.2) is 54.0 Å². The van der Waals surface area contributed by atoms with Crippen molar-refractivity contribution >= 4 is 32.3 Å². The van der Waals surface area contributed by atoms with Crippen LogP contribution >= 0.6 is 11.3 Å². The van der Waals surface area contributed by atoms with Gasteiger partial charge in [-0.05, 0) is 36.1 Å². The molecule has 43 heavy (non-hydrogen) atoms. The van der Waals surface area contributed by atoms with E-state index in [0.29, 0.717) is 23.5 Å². The zero-order valence-corrected chi connectivity index (χ0v) is 24.8. The zero-order chi connectivity index (χ0) is 29.7. The molecule has 1 aliphatic rings. The summed E-state index contributed by atoms with van der Waals surface area (Å²) in [5.74, 6) is -1.36. The average molecular weight is 601 g/mol. The second-order valence-corrected chi connectivity index (χ2v) is 11.5. The molecule has 11 heteroatoms. The van der Waals surface area contributed by atoms with Gasteiger partial charge in [0.15, 0.2) is 0 Å². The van der Waals surface area contributed by atoms with Crippen molar-refractivity contribution in [3.8, 4) is 39.5 Å². The Morgan fingerprint density at radius 2 is 1.95 bits per heavy atom. The summed E-state index contributed by atoms with van der Waals surface area (Å²) in [5, 5.41) is 16.7. The van der Waals surface area contributed by atoms with Crippen molar-refractivity contribution < 1.29 is 18.3 Å². The summed E-state index contributed by atoms with van der Waals surface area (Å²) < 4.78 is 46.2. The summed E-state index contributed by atoms with van der Waals surface area (Å²) in [7, 11) is 3.46. The van der Waals surface area contributed by atoms with Gasteiger partial charge in [-0.3, -0.25) is 9.36 Å². The minimum atomic E-state index is -0.730. The van der Waals surface area contributed by atoms with Crippen molar-refractivity contribution in [2.75, 3.05) is 26.9 Å². The fourth-order valence-corrected chi connectivity index (χ4v) is 6.87. The van der Waals surface area contributed by atoms with Crippen LogP contribution in [0.4, 0.5) is 8.78 Å². The third-order valence-electron chi connectivity index (χ3n) is 7.97. The third-order valence-corrected chi connectivity index (χ3v) is 8.91. The second-order valence-electron chi connectivity index (χ2n) is 10.6. The second kappa shape index (κ2) is 11.1. The first-order valence-electron chi connectivity index (χ1n) is 14.2. The van der Waals surface area contributed by atoms with Gasteiger partial charge in [0.1, 0.15) is 35.4 Å². The molecule has 5 heterocycles. The number of aryl methyl sites for hydroxylation is 1. The molecule has 4 aromatic heterocycles. The normalized spacial score (nSPS) is 15.0. The SMILES string of the molecule is CC[C@@H]1NCCn2nc(-c3nc(-c4ccc5c(cnn5C)c4)c4ccsc4c3-c3c(F)cc(F)cc3OCCOC)cc21. The van der Waals surface area contributed by atoms with Gasteiger partial charge in [-0.25, -0.2) is 13.8 Å². The van der Waals surface area contributed by atoms with Crippen molar-refractivity contribution in [3.63, 3.8) is 0 Å². The van der Waals surface area contributed by atoms with Crippen LogP contribution in [-0.2, 0) is 18.3 Å². The maximum Gasteiger partial charge on any atom is 0.137 e. The molecule has 1 aliphatic heterocycles. The number of hydrogen-bond donors (Lipinski definition) is 1. The highest BCUT2D eigenvalue weighted by atomic mass is 32.1. The zero-order valence-electron chi connectivity index (χ0n) is 24.0. The fourth-order valence-electron chi connectivity index (χ4n) is 5.92. The van der Waals surface area contributed by atoms with Gasteiger partial charge < -0.3 is 14.8 Å². The first-order chi connectivity index (χ1) is 21.0. The first kappa shape index (κ1) is 27.6. The smallest absolute Gasteiger partial charge is 0.137 e. The summed E-state index contributed by atoms with van der Waals surface area (Å²) in [4.78, 5) is 5.24. The van der Waals surface area contributed by atoms with E-state index in [0.717, 1.165) is 57.0 Å². The molecule has 2 aromatic carbocycles. The Hall–Kier alpha value is -4.19. The van der Waals surface area contributed by atoms with E-state index in [-0.39, 0.29) is 30.6 Å². The molecule has 0 saturated heterocycles. The van der Waals surface area contributed by atoms with Crippen LogP contribution < -0.4 is 10.1 Å². The molecule has 0 unspecified atom stereocenters. The van der Waals surface area contributed by atoms with E-state index >= 15 is 4.39 Å². The molecule has 0 aliphatic carbocycles. The molecule has 0 fully saturated rings. The van der Waals surface area contributed by atoms with Gasteiger partial charge in [0.05, 0.1) is 41.8 Å². The lowest BCUT2D eigenvalue weighted by atomic mass is 9.96. The average Bonchev–Trinajstić information content (AvgIpc) is 3.75. The summed E-state index contributed by atoms with van der Waals surface area (Å²) in [6.07, 6.45) is 2.73. The molecule has 1 N–H and O–H groups in total. The van der Waals surface area contributed by atoms with Gasteiger partial charge in [-0.1, -0.05) is 13.0 Å². The number of aromatic nitrogens is 5. The predicted molar refractivity (Wildman–Crippen MR) is 164 cm³/mol. The molecular formula is C32H30F2N6O2S. The number of fused-ring (bicyclic) bond motifs is 3. The molecule has 8 nitrogen and oxygen atoms in total. The number of hydrogen-bond acceptors (Lipinski definition) is 7. The number of methoxy groups -OCH3 is 1. The van der Waals surface area contributed by atoms with Crippen molar-refractivity contribution in [1.82, 2.24) is 29.9 Å². The predicted octanol–water partition coefficient (Wildman–Crippen LogP) is 6.74. The lowest BCUT2D eigenvalue weighted by Gasteiger charge is -2.23. The summed E-state index contributed by atoms with van der Waals surface area (Å²) in [6, 6.07) is 12.4. The van der Waals surface area contributed by atoms with Gasteiger partial charge in [0.2, 0.25) is 0 Å². The Morgan fingerprint density at radius 1 is 1.07 bits per heavy atom. The van der Waals surface area contributed by atoms with E-state index in [9.17, 15) is 4.39 Å². The first-order valence-corrected chi connectivity index (χ1v) is 15.1. The number of nitrogens with one attached hydrogen (secondary N) is 1. The van der Waals surface area contributed by atoms with Gasteiger partial charge in [-0.15, -0.1) is 11.3 Å².